The van der Waals surface area contributed by atoms with Crippen LogP contribution in [0.15, 0.2) is 21.7 Å². The Morgan fingerprint density at radius 1 is 1.12 bits per heavy atom. The van der Waals surface area contributed by atoms with E-state index in [1.165, 1.54) is 14.0 Å². The van der Waals surface area contributed by atoms with Crippen LogP contribution in [0.4, 0.5) is 5.82 Å². The molecule has 0 aliphatic rings. The fourth-order valence-electron chi connectivity index (χ4n) is 2.37. The van der Waals surface area contributed by atoms with E-state index < -0.39 is 11.2 Å². The van der Waals surface area contributed by atoms with Crippen LogP contribution in [0.25, 0.3) is 0 Å². The van der Waals surface area contributed by atoms with Crippen molar-refractivity contribution >= 4 is 11.7 Å². The molecule has 0 aliphatic heterocycles. The second-order valence-electron chi connectivity index (χ2n) is 5.25. The van der Waals surface area contributed by atoms with Crippen LogP contribution in [0.3, 0.4) is 0 Å². The number of ether oxygens (including phenoxy) is 2. The molecule has 1 amide bonds. The third kappa shape index (κ3) is 3.65. The van der Waals surface area contributed by atoms with E-state index in [1.54, 1.807) is 19.2 Å². The van der Waals surface area contributed by atoms with Crippen molar-refractivity contribution < 1.29 is 14.3 Å². The van der Waals surface area contributed by atoms with Crippen molar-refractivity contribution in [3.63, 3.8) is 0 Å². The number of rotatable bonds is 5. The van der Waals surface area contributed by atoms with Gasteiger partial charge in [-0.1, -0.05) is 0 Å². The lowest BCUT2D eigenvalue weighted by atomic mass is 10.0. The molecule has 1 heterocycles. The van der Waals surface area contributed by atoms with E-state index in [2.05, 4.69) is 15.3 Å². The van der Waals surface area contributed by atoms with Crippen molar-refractivity contribution in [2.45, 2.75) is 20.3 Å². The number of amides is 1. The van der Waals surface area contributed by atoms with E-state index in [0.717, 1.165) is 11.1 Å². The summed E-state index contributed by atoms with van der Waals surface area (Å²) in [6, 6.07) is 3.56. The maximum Gasteiger partial charge on any atom is 0.327 e. The molecule has 0 atom stereocenters. The van der Waals surface area contributed by atoms with Crippen LogP contribution < -0.4 is 26.0 Å². The average molecular weight is 333 g/mol. The number of carbonyl (C=O) groups is 1. The van der Waals surface area contributed by atoms with Gasteiger partial charge in [0.15, 0.2) is 11.5 Å². The van der Waals surface area contributed by atoms with Crippen molar-refractivity contribution in [3.05, 3.63) is 49.7 Å². The Morgan fingerprint density at radius 3 is 2.33 bits per heavy atom. The largest absolute Gasteiger partial charge is 0.493 e. The zero-order chi connectivity index (χ0) is 17.9. The highest BCUT2D eigenvalue weighted by atomic mass is 16.5. The molecule has 2 aromatic rings. The van der Waals surface area contributed by atoms with Gasteiger partial charge in [-0.15, -0.1) is 0 Å². The average Bonchev–Trinajstić information content (AvgIpc) is 2.50. The number of methoxy groups -OCH3 is 2. The van der Waals surface area contributed by atoms with Crippen LogP contribution in [0.5, 0.6) is 11.5 Å². The lowest BCUT2D eigenvalue weighted by Crippen LogP contribution is -2.29. The molecule has 0 fully saturated rings. The predicted octanol–water partition coefficient (Wildman–Crippen LogP) is 0.938. The Bertz CT molecular complexity index is 882. The molecule has 24 heavy (non-hydrogen) atoms. The minimum Gasteiger partial charge on any atom is -0.493 e. The summed E-state index contributed by atoms with van der Waals surface area (Å²) in [5.41, 5.74) is 0.692. The maximum atomic E-state index is 12.2. The minimum absolute atomic E-state index is 0.0884. The number of aromatic nitrogens is 2. The topological polar surface area (TPSA) is 113 Å². The van der Waals surface area contributed by atoms with E-state index in [-0.39, 0.29) is 23.7 Å². The molecule has 8 nitrogen and oxygen atoms in total. The summed E-state index contributed by atoms with van der Waals surface area (Å²) in [5.74, 6) is 0.809. The van der Waals surface area contributed by atoms with E-state index in [4.69, 9.17) is 9.47 Å². The summed E-state index contributed by atoms with van der Waals surface area (Å²) < 4.78 is 10.5. The molecule has 0 saturated heterocycles. The first-order chi connectivity index (χ1) is 11.3. The van der Waals surface area contributed by atoms with Gasteiger partial charge in [0.2, 0.25) is 5.91 Å². The number of nitrogens with one attached hydrogen (secondary N) is 3. The number of carbonyl (C=O) groups excluding carboxylic acids is 1. The second kappa shape index (κ2) is 7.03. The summed E-state index contributed by atoms with van der Waals surface area (Å²) in [5, 5.41) is 2.48. The van der Waals surface area contributed by atoms with E-state index in [9.17, 15) is 14.4 Å². The zero-order valence-corrected chi connectivity index (χ0v) is 13.9. The number of hydrogen-bond acceptors (Lipinski definition) is 5. The van der Waals surface area contributed by atoms with Gasteiger partial charge in [-0.05, 0) is 30.2 Å². The fraction of sp³-hybridized carbons (Fsp3) is 0.312. The normalized spacial score (nSPS) is 10.3. The Balaban J connectivity index is 2.54. The summed E-state index contributed by atoms with van der Waals surface area (Å²) in [4.78, 5) is 39.5. The third-order valence-corrected chi connectivity index (χ3v) is 3.55. The van der Waals surface area contributed by atoms with Gasteiger partial charge in [0.25, 0.3) is 5.56 Å². The van der Waals surface area contributed by atoms with Crippen LogP contribution in [0.2, 0.25) is 0 Å². The SMILES string of the molecule is COc1cc(C)c(Cc2c(NC(C)=O)[nH]c(=O)[nH]c2=O)cc1OC. The van der Waals surface area contributed by atoms with Gasteiger partial charge in [-0.25, -0.2) is 4.79 Å². The molecule has 1 aromatic heterocycles. The quantitative estimate of drug-likeness (QED) is 0.753. The molecule has 0 bridgehead atoms. The maximum absolute atomic E-state index is 12.2. The van der Waals surface area contributed by atoms with Gasteiger partial charge in [0.05, 0.1) is 19.8 Å². The molecule has 0 aliphatic carbocycles. The fourth-order valence-corrected chi connectivity index (χ4v) is 2.37. The highest BCUT2D eigenvalue weighted by molar-refractivity contribution is 5.88. The van der Waals surface area contributed by atoms with Crippen LogP contribution in [0.1, 0.15) is 23.6 Å². The first kappa shape index (κ1) is 17.3. The Hall–Kier alpha value is -3.03. The third-order valence-electron chi connectivity index (χ3n) is 3.55. The van der Waals surface area contributed by atoms with Crippen LogP contribution >= 0.6 is 0 Å². The van der Waals surface area contributed by atoms with Crippen LogP contribution in [0, 0.1) is 6.92 Å². The first-order valence-corrected chi connectivity index (χ1v) is 7.20. The van der Waals surface area contributed by atoms with Gasteiger partial charge in [-0.3, -0.25) is 19.6 Å². The standard InChI is InChI=1S/C16H19N3O5/c1-8-5-12(23-3)13(24-4)7-10(8)6-11-14(17-9(2)20)18-16(22)19-15(11)21/h5,7H,6H2,1-4H3,(H3,17,18,19,20,21,22). The Kier molecular flexibility index (Phi) is 5.08. The highest BCUT2D eigenvalue weighted by Crippen LogP contribution is 2.31. The molecular formula is C16H19N3O5. The highest BCUT2D eigenvalue weighted by Gasteiger charge is 2.15. The van der Waals surface area contributed by atoms with Crippen LogP contribution in [-0.2, 0) is 11.2 Å². The van der Waals surface area contributed by atoms with Crippen molar-refractivity contribution in [1.82, 2.24) is 9.97 Å². The smallest absolute Gasteiger partial charge is 0.327 e. The number of anilines is 1. The molecule has 1 aromatic carbocycles. The summed E-state index contributed by atoms with van der Waals surface area (Å²) in [6.45, 7) is 3.17. The lowest BCUT2D eigenvalue weighted by Gasteiger charge is -2.14. The number of aromatic amines is 2. The second-order valence-corrected chi connectivity index (χ2v) is 5.25. The van der Waals surface area contributed by atoms with Crippen LogP contribution in [-0.4, -0.2) is 30.1 Å². The van der Waals surface area contributed by atoms with Gasteiger partial charge in [0, 0.05) is 13.3 Å². The zero-order valence-electron chi connectivity index (χ0n) is 13.9. The Labute approximate surface area is 137 Å². The molecule has 0 unspecified atom stereocenters. The van der Waals surface area contributed by atoms with Crippen molar-refractivity contribution in [3.8, 4) is 11.5 Å². The van der Waals surface area contributed by atoms with Gasteiger partial charge in [0.1, 0.15) is 5.82 Å². The summed E-state index contributed by atoms with van der Waals surface area (Å²) in [6.07, 6.45) is 0.202. The Morgan fingerprint density at radius 2 is 1.75 bits per heavy atom. The molecule has 0 spiro atoms. The minimum atomic E-state index is -0.684. The van der Waals surface area contributed by atoms with Gasteiger partial charge >= 0.3 is 5.69 Å². The molecular weight excluding hydrogens is 314 g/mol. The molecule has 0 radical (unpaired) electrons. The number of benzene rings is 1. The number of hydrogen-bond donors (Lipinski definition) is 3. The van der Waals surface area contributed by atoms with Crippen molar-refractivity contribution in [2.75, 3.05) is 19.5 Å². The van der Waals surface area contributed by atoms with Gasteiger partial charge < -0.3 is 14.8 Å². The summed E-state index contributed by atoms with van der Waals surface area (Å²) in [7, 11) is 3.06. The number of aryl methyl sites for hydroxylation is 1. The monoisotopic (exact) mass is 333 g/mol. The first-order valence-electron chi connectivity index (χ1n) is 7.20. The molecule has 3 N–H and O–H groups in total. The number of H-pyrrole nitrogens is 2. The van der Waals surface area contributed by atoms with Crippen molar-refractivity contribution in [1.29, 1.82) is 0 Å². The van der Waals surface area contributed by atoms with E-state index in [0.29, 0.717) is 11.5 Å². The molecule has 2 rings (SSSR count). The van der Waals surface area contributed by atoms with E-state index in [1.807, 2.05) is 6.92 Å². The predicted molar refractivity (Wildman–Crippen MR) is 89.1 cm³/mol. The summed E-state index contributed by atoms with van der Waals surface area (Å²) >= 11 is 0. The lowest BCUT2D eigenvalue weighted by molar-refractivity contribution is -0.114. The molecule has 128 valence electrons. The van der Waals surface area contributed by atoms with Gasteiger partial charge in [-0.2, -0.15) is 0 Å². The van der Waals surface area contributed by atoms with E-state index >= 15 is 0 Å². The molecule has 0 saturated carbocycles. The van der Waals surface area contributed by atoms with Crippen molar-refractivity contribution in [2.24, 2.45) is 0 Å². The molecule has 8 heteroatoms.